The molecule has 0 fully saturated rings. The van der Waals surface area contributed by atoms with Crippen molar-refractivity contribution < 1.29 is 34.3 Å². The van der Waals surface area contributed by atoms with Crippen LogP contribution < -0.4 is 18.9 Å². The maximum Gasteiger partial charge on any atom is 0.203 e. The van der Waals surface area contributed by atoms with Crippen LogP contribution in [-0.2, 0) is 6.42 Å². The van der Waals surface area contributed by atoms with Gasteiger partial charge in [-0.15, -0.1) is 0 Å². The van der Waals surface area contributed by atoms with Gasteiger partial charge in [-0.1, -0.05) is 24.3 Å². The van der Waals surface area contributed by atoms with Gasteiger partial charge in [0.2, 0.25) is 5.75 Å². The summed E-state index contributed by atoms with van der Waals surface area (Å²) < 4.78 is 20.9. The summed E-state index contributed by atoms with van der Waals surface area (Å²) in [4.78, 5) is 0. The van der Waals surface area contributed by atoms with Crippen LogP contribution in [0.5, 0.6) is 34.5 Å². The fourth-order valence-electron chi connectivity index (χ4n) is 2.93. The van der Waals surface area contributed by atoms with Crippen molar-refractivity contribution >= 4 is 0 Å². The Morgan fingerprint density at radius 2 is 1.29 bits per heavy atom. The first kappa shape index (κ1) is 23.7. The van der Waals surface area contributed by atoms with Crippen LogP contribution in [0.3, 0.4) is 0 Å². The monoisotopic (exact) mass is 428 g/mol. The summed E-state index contributed by atoms with van der Waals surface area (Å²) in [5, 5.41) is 29.0. The molecule has 0 aliphatic carbocycles. The SMILES string of the molecule is COc1ccc(C[C@@H](O)c2cc(OC)c(OC)c(OC)c2)cc1O.Oc1ccccc1. The number of benzene rings is 3. The Kier molecular flexibility index (Phi) is 8.84. The van der Waals surface area contributed by atoms with Gasteiger partial charge in [-0.05, 0) is 47.5 Å². The number of hydrogen-bond acceptors (Lipinski definition) is 7. The molecule has 3 N–H and O–H groups in total. The summed E-state index contributed by atoms with van der Waals surface area (Å²) in [6, 6.07) is 17.1. The second-order valence-corrected chi connectivity index (χ2v) is 6.52. The molecule has 0 saturated carbocycles. The number of aliphatic hydroxyl groups excluding tert-OH is 1. The van der Waals surface area contributed by atoms with Crippen molar-refractivity contribution in [1.29, 1.82) is 0 Å². The molecule has 0 spiro atoms. The normalized spacial score (nSPS) is 11.0. The lowest BCUT2D eigenvalue weighted by Crippen LogP contribution is -2.04. The second-order valence-electron chi connectivity index (χ2n) is 6.52. The number of para-hydroxylation sites is 1. The van der Waals surface area contributed by atoms with Crippen LogP contribution in [0, 0.1) is 0 Å². The van der Waals surface area contributed by atoms with Crippen LogP contribution in [0.1, 0.15) is 17.2 Å². The van der Waals surface area contributed by atoms with Crippen molar-refractivity contribution in [3.8, 4) is 34.5 Å². The first-order valence-electron chi connectivity index (χ1n) is 9.51. The van der Waals surface area contributed by atoms with Crippen LogP contribution in [0.4, 0.5) is 0 Å². The standard InChI is InChI=1S/C18H22O6.C6H6O/c1-21-15-6-5-11(8-14(15)20)7-13(19)12-9-16(22-2)18(24-4)17(10-12)23-3;7-6-4-2-1-3-5-6/h5-6,8-10,13,19-20H,7H2,1-4H3;1-5,7H/t13-;/m1./s1. The lowest BCUT2D eigenvalue weighted by molar-refractivity contribution is 0.177. The fraction of sp³-hybridized carbons (Fsp3) is 0.250. The highest BCUT2D eigenvalue weighted by Gasteiger charge is 2.18. The van der Waals surface area contributed by atoms with E-state index in [-0.39, 0.29) is 5.75 Å². The van der Waals surface area contributed by atoms with Gasteiger partial charge in [-0.2, -0.15) is 0 Å². The number of phenols is 2. The molecule has 0 aliphatic heterocycles. The molecule has 0 bridgehead atoms. The molecular weight excluding hydrogens is 400 g/mol. The molecule has 0 radical (unpaired) electrons. The second kappa shape index (κ2) is 11.6. The molecule has 7 heteroatoms. The Morgan fingerprint density at radius 3 is 1.71 bits per heavy atom. The molecule has 3 aromatic carbocycles. The molecular formula is C24H28O7. The van der Waals surface area contributed by atoms with Gasteiger partial charge in [0, 0.05) is 6.42 Å². The van der Waals surface area contributed by atoms with Crippen molar-refractivity contribution in [3.63, 3.8) is 0 Å². The van der Waals surface area contributed by atoms with Gasteiger partial charge in [0.05, 0.1) is 34.5 Å². The zero-order valence-corrected chi connectivity index (χ0v) is 18.0. The van der Waals surface area contributed by atoms with E-state index in [2.05, 4.69) is 0 Å². The number of ether oxygens (including phenoxy) is 4. The van der Waals surface area contributed by atoms with E-state index in [4.69, 9.17) is 24.1 Å². The predicted molar refractivity (Wildman–Crippen MR) is 118 cm³/mol. The van der Waals surface area contributed by atoms with E-state index >= 15 is 0 Å². The van der Waals surface area contributed by atoms with Gasteiger partial charge in [0.1, 0.15) is 5.75 Å². The minimum atomic E-state index is -0.800. The molecule has 31 heavy (non-hydrogen) atoms. The summed E-state index contributed by atoms with van der Waals surface area (Å²) in [7, 11) is 6.06. The van der Waals surface area contributed by atoms with Crippen LogP contribution in [0.15, 0.2) is 60.7 Å². The van der Waals surface area contributed by atoms with Crippen LogP contribution >= 0.6 is 0 Å². The van der Waals surface area contributed by atoms with E-state index in [1.165, 1.54) is 28.4 Å². The van der Waals surface area contributed by atoms with E-state index in [9.17, 15) is 10.2 Å². The Morgan fingerprint density at radius 1 is 0.710 bits per heavy atom. The Labute approximate surface area is 182 Å². The molecule has 3 rings (SSSR count). The molecule has 0 aromatic heterocycles. The van der Waals surface area contributed by atoms with Gasteiger partial charge in [-0.3, -0.25) is 0 Å². The predicted octanol–water partition coefficient (Wildman–Crippen LogP) is 4.09. The molecule has 166 valence electrons. The van der Waals surface area contributed by atoms with Gasteiger partial charge in [-0.25, -0.2) is 0 Å². The van der Waals surface area contributed by atoms with Gasteiger partial charge in [0.25, 0.3) is 0 Å². The number of phenolic OH excluding ortho intramolecular Hbond substituents is 2. The lowest BCUT2D eigenvalue weighted by atomic mass is 10.00. The molecule has 1 atom stereocenters. The van der Waals surface area contributed by atoms with Crippen molar-refractivity contribution in [1.82, 2.24) is 0 Å². The zero-order chi connectivity index (χ0) is 22.8. The molecule has 0 heterocycles. The Balaban J connectivity index is 0.000000412. The third-order valence-electron chi connectivity index (χ3n) is 4.50. The van der Waals surface area contributed by atoms with Crippen LogP contribution in [-0.4, -0.2) is 43.8 Å². The quantitative estimate of drug-likeness (QED) is 0.521. The summed E-state index contributed by atoms with van der Waals surface area (Å²) in [5.41, 5.74) is 1.40. The Bertz CT molecular complexity index is 932. The molecule has 0 aliphatic rings. The Hall–Kier alpha value is -3.58. The van der Waals surface area contributed by atoms with Crippen molar-refractivity contribution in [2.45, 2.75) is 12.5 Å². The number of aromatic hydroxyl groups is 2. The molecule has 0 saturated heterocycles. The molecule has 3 aromatic rings. The zero-order valence-electron chi connectivity index (χ0n) is 18.0. The van der Waals surface area contributed by atoms with Crippen LogP contribution in [0.2, 0.25) is 0 Å². The maximum absolute atomic E-state index is 10.5. The number of aliphatic hydroxyl groups is 1. The average molecular weight is 428 g/mol. The summed E-state index contributed by atoms with van der Waals surface area (Å²) in [6.07, 6.45) is -0.484. The number of hydrogen-bond donors (Lipinski definition) is 3. The van der Waals surface area contributed by atoms with Gasteiger partial charge in [0.15, 0.2) is 23.0 Å². The van der Waals surface area contributed by atoms with E-state index in [1.54, 1.807) is 54.6 Å². The number of rotatable bonds is 7. The summed E-state index contributed by atoms with van der Waals surface area (Å²) >= 11 is 0. The summed E-state index contributed by atoms with van der Waals surface area (Å²) in [5.74, 6) is 2.17. The highest BCUT2D eigenvalue weighted by molar-refractivity contribution is 5.54. The third kappa shape index (κ3) is 6.45. The van der Waals surface area contributed by atoms with Crippen molar-refractivity contribution in [2.24, 2.45) is 0 Å². The first-order valence-corrected chi connectivity index (χ1v) is 9.51. The maximum atomic E-state index is 10.5. The molecule has 7 nitrogen and oxygen atoms in total. The van der Waals surface area contributed by atoms with E-state index in [0.29, 0.717) is 40.7 Å². The van der Waals surface area contributed by atoms with E-state index in [1.807, 2.05) is 6.07 Å². The van der Waals surface area contributed by atoms with Crippen LogP contribution in [0.25, 0.3) is 0 Å². The van der Waals surface area contributed by atoms with E-state index in [0.717, 1.165) is 5.56 Å². The smallest absolute Gasteiger partial charge is 0.203 e. The third-order valence-corrected chi connectivity index (χ3v) is 4.50. The van der Waals surface area contributed by atoms with E-state index < -0.39 is 6.10 Å². The largest absolute Gasteiger partial charge is 0.508 e. The average Bonchev–Trinajstić information content (AvgIpc) is 2.79. The van der Waals surface area contributed by atoms with Crippen molar-refractivity contribution in [3.05, 3.63) is 71.8 Å². The lowest BCUT2D eigenvalue weighted by Gasteiger charge is -2.17. The topological polar surface area (TPSA) is 97.6 Å². The first-order chi connectivity index (χ1) is 14.9. The highest BCUT2D eigenvalue weighted by atomic mass is 16.5. The fourth-order valence-corrected chi connectivity index (χ4v) is 2.93. The molecule has 0 amide bonds. The highest BCUT2D eigenvalue weighted by Crippen LogP contribution is 2.40. The van der Waals surface area contributed by atoms with Gasteiger partial charge < -0.3 is 34.3 Å². The minimum absolute atomic E-state index is 0.0343. The number of methoxy groups -OCH3 is 4. The molecule has 0 unspecified atom stereocenters. The van der Waals surface area contributed by atoms with Crippen molar-refractivity contribution in [2.75, 3.05) is 28.4 Å². The summed E-state index contributed by atoms with van der Waals surface area (Å²) in [6.45, 7) is 0. The minimum Gasteiger partial charge on any atom is -0.508 e. The van der Waals surface area contributed by atoms with Gasteiger partial charge >= 0.3 is 0 Å².